The minimum atomic E-state index is 0.482. The summed E-state index contributed by atoms with van der Waals surface area (Å²) in [6.07, 6.45) is 7.58. The molecule has 1 aromatic rings. The van der Waals surface area contributed by atoms with E-state index < -0.39 is 0 Å². The average molecular weight is 248 g/mol. The van der Waals surface area contributed by atoms with Crippen molar-refractivity contribution in [1.29, 1.82) is 0 Å². The first-order chi connectivity index (χ1) is 8.86. The molecule has 1 N–H and O–H groups in total. The van der Waals surface area contributed by atoms with Crippen LogP contribution in [0.2, 0.25) is 0 Å². The summed E-state index contributed by atoms with van der Waals surface area (Å²) >= 11 is 0. The van der Waals surface area contributed by atoms with Gasteiger partial charge in [-0.1, -0.05) is 25.8 Å². The Morgan fingerprint density at radius 3 is 3.00 bits per heavy atom. The van der Waals surface area contributed by atoms with Gasteiger partial charge in [0.05, 0.1) is 18.4 Å². The summed E-state index contributed by atoms with van der Waals surface area (Å²) in [6, 6.07) is 6.00. The fraction of sp³-hybridized carbons (Fsp3) is 0.667. The molecule has 0 saturated heterocycles. The van der Waals surface area contributed by atoms with Gasteiger partial charge in [-0.05, 0) is 30.9 Å². The molecular formula is C15H24N2O. The van der Waals surface area contributed by atoms with E-state index in [9.17, 15) is 0 Å². The maximum atomic E-state index is 5.95. The van der Waals surface area contributed by atoms with Gasteiger partial charge in [0, 0.05) is 19.3 Å². The van der Waals surface area contributed by atoms with Crippen LogP contribution in [0.25, 0.3) is 0 Å². The lowest BCUT2D eigenvalue weighted by atomic mass is 9.88. The van der Waals surface area contributed by atoms with Gasteiger partial charge >= 0.3 is 0 Å². The second-order valence-electron chi connectivity index (χ2n) is 5.17. The zero-order valence-corrected chi connectivity index (χ0v) is 11.3. The largest absolute Gasteiger partial charge is 0.377 e. The van der Waals surface area contributed by atoms with Gasteiger partial charge in [0.25, 0.3) is 0 Å². The van der Waals surface area contributed by atoms with Crippen LogP contribution in [0.5, 0.6) is 0 Å². The zero-order chi connectivity index (χ0) is 12.6. The van der Waals surface area contributed by atoms with E-state index in [4.69, 9.17) is 4.74 Å². The summed E-state index contributed by atoms with van der Waals surface area (Å²) in [5, 5.41) is 3.37. The van der Waals surface area contributed by atoms with Crippen LogP contribution in [0.4, 0.5) is 0 Å². The maximum Gasteiger partial charge on any atom is 0.0601 e. The summed E-state index contributed by atoms with van der Waals surface area (Å²) < 4.78 is 5.95. The third-order valence-electron chi connectivity index (χ3n) is 3.68. The van der Waals surface area contributed by atoms with E-state index >= 15 is 0 Å². The lowest BCUT2D eigenvalue weighted by molar-refractivity contribution is -0.00324. The monoisotopic (exact) mass is 248 g/mol. The molecule has 2 atom stereocenters. The van der Waals surface area contributed by atoms with Crippen molar-refractivity contribution in [3.8, 4) is 0 Å². The lowest BCUT2D eigenvalue weighted by Gasteiger charge is -2.28. The summed E-state index contributed by atoms with van der Waals surface area (Å²) in [7, 11) is 0. The van der Waals surface area contributed by atoms with Crippen LogP contribution in [-0.2, 0) is 11.3 Å². The van der Waals surface area contributed by atoms with E-state index in [0.717, 1.165) is 31.3 Å². The summed E-state index contributed by atoms with van der Waals surface area (Å²) in [4.78, 5) is 4.27. The Labute approximate surface area is 110 Å². The molecule has 2 rings (SSSR count). The molecule has 0 aromatic carbocycles. The Balaban J connectivity index is 1.56. The van der Waals surface area contributed by atoms with Gasteiger partial charge < -0.3 is 10.1 Å². The SMILES string of the molecule is CC1CCCCC1OCCNCc1ccccn1. The van der Waals surface area contributed by atoms with E-state index in [0.29, 0.717) is 6.10 Å². The van der Waals surface area contributed by atoms with Crippen LogP contribution < -0.4 is 5.32 Å². The third kappa shape index (κ3) is 4.39. The number of ether oxygens (including phenoxy) is 1. The number of nitrogens with one attached hydrogen (secondary N) is 1. The maximum absolute atomic E-state index is 5.95. The molecule has 1 saturated carbocycles. The standard InChI is InChI=1S/C15H24N2O/c1-13-6-2-3-8-15(13)18-11-10-16-12-14-7-4-5-9-17-14/h4-5,7,9,13,15-16H,2-3,6,8,10-12H2,1H3. The Morgan fingerprint density at radius 2 is 2.22 bits per heavy atom. The van der Waals surface area contributed by atoms with Gasteiger partial charge in [-0.15, -0.1) is 0 Å². The highest BCUT2D eigenvalue weighted by molar-refractivity contribution is 5.02. The van der Waals surface area contributed by atoms with Crippen LogP contribution in [0.3, 0.4) is 0 Å². The molecule has 100 valence electrons. The molecule has 3 nitrogen and oxygen atoms in total. The Morgan fingerprint density at radius 1 is 1.33 bits per heavy atom. The molecule has 0 bridgehead atoms. The first kappa shape index (κ1) is 13.5. The Hall–Kier alpha value is -0.930. The fourth-order valence-corrected chi connectivity index (χ4v) is 2.53. The first-order valence-electron chi connectivity index (χ1n) is 7.08. The molecule has 1 aliphatic carbocycles. The molecule has 0 amide bonds. The predicted octanol–water partition coefficient (Wildman–Crippen LogP) is 2.77. The van der Waals surface area contributed by atoms with Crippen molar-refractivity contribution in [2.24, 2.45) is 5.92 Å². The first-order valence-corrected chi connectivity index (χ1v) is 7.08. The fourth-order valence-electron chi connectivity index (χ4n) is 2.53. The van der Waals surface area contributed by atoms with Gasteiger partial charge in [-0.2, -0.15) is 0 Å². The zero-order valence-electron chi connectivity index (χ0n) is 11.3. The molecule has 18 heavy (non-hydrogen) atoms. The topological polar surface area (TPSA) is 34.1 Å². The van der Waals surface area contributed by atoms with Crippen molar-refractivity contribution in [3.63, 3.8) is 0 Å². The van der Waals surface area contributed by atoms with Crippen molar-refractivity contribution in [2.75, 3.05) is 13.2 Å². The summed E-state index contributed by atoms with van der Waals surface area (Å²) in [6.45, 7) is 4.84. The number of rotatable bonds is 6. The van der Waals surface area contributed by atoms with Gasteiger partial charge in [0.15, 0.2) is 0 Å². The molecule has 1 fully saturated rings. The second-order valence-corrected chi connectivity index (χ2v) is 5.17. The quantitative estimate of drug-likeness (QED) is 0.786. The Kier molecular flexibility index (Phi) is 5.62. The van der Waals surface area contributed by atoms with Crippen LogP contribution in [0.15, 0.2) is 24.4 Å². The molecule has 0 aliphatic heterocycles. The van der Waals surface area contributed by atoms with E-state index in [1.165, 1.54) is 25.7 Å². The molecule has 0 radical (unpaired) electrons. The molecular weight excluding hydrogens is 224 g/mol. The van der Waals surface area contributed by atoms with Crippen molar-refractivity contribution in [2.45, 2.75) is 45.3 Å². The number of aromatic nitrogens is 1. The van der Waals surface area contributed by atoms with Crippen LogP contribution >= 0.6 is 0 Å². The van der Waals surface area contributed by atoms with Crippen LogP contribution in [-0.4, -0.2) is 24.2 Å². The molecule has 3 heteroatoms. The van der Waals surface area contributed by atoms with Crippen LogP contribution in [0.1, 0.15) is 38.3 Å². The lowest BCUT2D eigenvalue weighted by Crippen LogP contribution is -2.29. The van der Waals surface area contributed by atoms with Gasteiger partial charge in [-0.3, -0.25) is 4.98 Å². The van der Waals surface area contributed by atoms with Crippen molar-refractivity contribution in [1.82, 2.24) is 10.3 Å². The smallest absolute Gasteiger partial charge is 0.0601 e. The van der Waals surface area contributed by atoms with Crippen molar-refractivity contribution >= 4 is 0 Å². The summed E-state index contributed by atoms with van der Waals surface area (Å²) in [5.74, 6) is 0.731. The van der Waals surface area contributed by atoms with Gasteiger partial charge in [0.1, 0.15) is 0 Å². The van der Waals surface area contributed by atoms with E-state index in [1.54, 1.807) is 0 Å². The molecule has 0 spiro atoms. The minimum absolute atomic E-state index is 0.482. The highest BCUT2D eigenvalue weighted by Gasteiger charge is 2.21. The predicted molar refractivity (Wildman–Crippen MR) is 73.3 cm³/mol. The van der Waals surface area contributed by atoms with Crippen LogP contribution in [0, 0.1) is 5.92 Å². The highest BCUT2D eigenvalue weighted by atomic mass is 16.5. The van der Waals surface area contributed by atoms with E-state index in [2.05, 4.69) is 17.2 Å². The molecule has 1 heterocycles. The second kappa shape index (κ2) is 7.49. The normalized spacial score (nSPS) is 24.1. The third-order valence-corrected chi connectivity index (χ3v) is 3.68. The number of hydrogen-bond donors (Lipinski definition) is 1. The van der Waals surface area contributed by atoms with E-state index in [-0.39, 0.29) is 0 Å². The average Bonchev–Trinajstić information content (AvgIpc) is 2.42. The molecule has 2 unspecified atom stereocenters. The van der Waals surface area contributed by atoms with E-state index in [1.807, 2.05) is 24.4 Å². The van der Waals surface area contributed by atoms with Crippen molar-refractivity contribution in [3.05, 3.63) is 30.1 Å². The summed E-state index contributed by atoms with van der Waals surface area (Å²) in [5.41, 5.74) is 1.09. The van der Waals surface area contributed by atoms with Crippen molar-refractivity contribution < 1.29 is 4.74 Å². The number of pyridine rings is 1. The highest BCUT2D eigenvalue weighted by Crippen LogP contribution is 2.25. The number of hydrogen-bond acceptors (Lipinski definition) is 3. The molecule has 1 aliphatic rings. The Bertz CT molecular complexity index is 329. The van der Waals surface area contributed by atoms with Gasteiger partial charge in [0.2, 0.25) is 0 Å². The molecule has 1 aromatic heterocycles. The number of nitrogens with zero attached hydrogens (tertiary/aromatic N) is 1. The minimum Gasteiger partial charge on any atom is -0.377 e. The van der Waals surface area contributed by atoms with Gasteiger partial charge in [-0.25, -0.2) is 0 Å².